The highest BCUT2D eigenvalue weighted by atomic mass is 15.1. The zero-order valence-corrected chi connectivity index (χ0v) is 9.36. The minimum atomic E-state index is 0.104. The second kappa shape index (κ2) is 3.22. The number of rotatable bonds is 2. The van der Waals surface area contributed by atoms with Crippen LogP contribution in [0.2, 0.25) is 0 Å². The number of nitrogen functional groups attached to an aromatic ring is 1. The van der Waals surface area contributed by atoms with E-state index < -0.39 is 0 Å². The van der Waals surface area contributed by atoms with Crippen LogP contribution < -0.4 is 5.73 Å². The third kappa shape index (κ3) is 1.46. The summed E-state index contributed by atoms with van der Waals surface area (Å²) < 4.78 is 2.02. The Labute approximate surface area is 89.2 Å². The summed E-state index contributed by atoms with van der Waals surface area (Å²) in [6.45, 7) is 6.57. The van der Waals surface area contributed by atoms with Crippen LogP contribution in [0.25, 0.3) is 5.65 Å². The molecule has 0 aliphatic heterocycles. The average molecular weight is 204 g/mol. The molecule has 0 amide bonds. The number of imidazole rings is 1. The van der Waals surface area contributed by atoms with Crippen molar-refractivity contribution < 1.29 is 0 Å². The van der Waals surface area contributed by atoms with Gasteiger partial charge in [-0.2, -0.15) is 0 Å². The van der Waals surface area contributed by atoms with Gasteiger partial charge in [-0.05, 0) is 6.42 Å². The maximum Gasteiger partial charge on any atom is 0.180 e. The van der Waals surface area contributed by atoms with Crippen LogP contribution in [-0.2, 0) is 5.41 Å². The van der Waals surface area contributed by atoms with E-state index in [4.69, 9.17) is 5.73 Å². The molecule has 15 heavy (non-hydrogen) atoms. The zero-order chi connectivity index (χ0) is 11.1. The first-order chi connectivity index (χ1) is 7.06. The lowest BCUT2D eigenvalue weighted by molar-refractivity contribution is 0.486. The van der Waals surface area contributed by atoms with Crippen molar-refractivity contribution in [1.82, 2.24) is 14.4 Å². The summed E-state index contributed by atoms with van der Waals surface area (Å²) in [5, 5.41) is 0. The van der Waals surface area contributed by atoms with E-state index in [1.807, 2.05) is 16.8 Å². The quantitative estimate of drug-likeness (QED) is 0.814. The van der Waals surface area contributed by atoms with Crippen molar-refractivity contribution in [2.45, 2.75) is 32.6 Å². The van der Waals surface area contributed by atoms with Crippen molar-refractivity contribution in [1.29, 1.82) is 0 Å². The molecule has 4 nitrogen and oxygen atoms in total. The Morgan fingerprint density at radius 1 is 1.40 bits per heavy atom. The predicted molar refractivity (Wildman–Crippen MR) is 60.7 cm³/mol. The number of nitrogens with zero attached hydrogens (tertiary/aromatic N) is 3. The van der Waals surface area contributed by atoms with Gasteiger partial charge in [0.05, 0.1) is 0 Å². The van der Waals surface area contributed by atoms with Gasteiger partial charge in [-0.3, -0.25) is 4.40 Å². The standard InChI is InChI=1S/C11H16N4/c1-4-11(2,3)8-7-14-10-9(12)13-5-6-15(8)10/h5-7H,4H2,1-3H3,(H2,12,13). The van der Waals surface area contributed by atoms with E-state index in [1.165, 1.54) is 5.69 Å². The molecule has 2 heterocycles. The summed E-state index contributed by atoms with van der Waals surface area (Å²) in [6.07, 6.45) is 6.56. The minimum absolute atomic E-state index is 0.104. The molecule has 0 saturated heterocycles. The number of hydrogen-bond acceptors (Lipinski definition) is 3. The first kappa shape index (κ1) is 9.96. The van der Waals surface area contributed by atoms with Gasteiger partial charge in [0, 0.05) is 29.7 Å². The Balaban J connectivity index is 2.69. The highest BCUT2D eigenvalue weighted by molar-refractivity contribution is 5.60. The summed E-state index contributed by atoms with van der Waals surface area (Å²) in [6, 6.07) is 0. The molecule has 2 aromatic rings. The molecule has 4 heteroatoms. The Morgan fingerprint density at radius 3 is 2.80 bits per heavy atom. The molecule has 0 bridgehead atoms. The molecule has 0 aliphatic rings. The minimum Gasteiger partial charge on any atom is -0.381 e. The molecule has 0 unspecified atom stereocenters. The van der Waals surface area contributed by atoms with Crippen LogP contribution in [0.4, 0.5) is 5.82 Å². The Kier molecular flexibility index (Phi) is 2.14. The van der Waals surface area contributed by atoms with Crippen LogP contribution in [0.1, 0.15) is 32.9 Å². The highest BCUT2D eigenvalue weighted by Gasteiger charge is 2.22. The summed E-state index contributed by atoms with van der Waals surface area (Å²) in [7, 11) is 0. The largest absolute Gasteiger partial charge is 0.381 e. The van der Waals surface area contributed by atoms with Gasteiger partial charge in [0.25, 0.3) is 0 Å². The monoisotopic (exact) mass is 204 g/mol. The van der Waals surface area contributed by atoms with E-state index in [0.29, 0.717) is 5.82 Å². The fourth-order valence-electron chi connectivity index (χ4n) is 1.62. The molecule has 0 fully saturated rings. The fourth-order valence-corrected chi connectivity index (χ4v) is 1.62. The average Bonchev–Trinajstić information content (AvgIpc) is 2.63. The van der Waals surface area contributed by atoms with Gasteiger partial charge >= 0.3 is 0 Å². The number of hydrogen-bond donors (Lipinski definition) is 1. The number of anilines is 1. The second-order valence-electron chi connectivity index (χ2n) is 4.39. The second-order valence-corrected chi connectivity index (χ2v) is 4.39. The summed E-state index contributed by atoms with van der Waals surface area (Å²) in [5.41, 5.74) is 7.78. The zero-order valence-electron chi connectivity index (χ0n) is 9.36. The molecule has 2 rings (SSSR count). The van der Waals surface area contributed by atoms with Crippen molar-refractivity contribution in [3.8, 4) is 0 Å². The van der Waals surface area contributed by atoms with E-state index in [1.54, 1.807) is 6.20 Å². The topological polar surface area (TPSA) is 56.2 Å². The van der Waals surface area contributed by atoms with E-state index in [0.717, 1.165) is 12.1 Å². The molecular formula is C11H16N4. The van der Waals surface area contributed by atoms with Gasteiger partial charge in [0.1, 0.15) is 0 Å². The van der Waals surface area contributed by atoms with Gasteiger partial charge in [0.2, 0.25) is 0 Å². The first-order valence-corrected chi connectivity index (χ1v) is 5.14. The molecule has 80 valence electrons. The molecule has 0 aromatic carbocycles. The normalized spacial score (nSPS) is 12.2. The third-order valence-corrected chi connectivity index (χ3v) is 3.03. The van der Waals surface area contributed by atoms with Crippen LogP contribution in [-0.4, -0.2) is 14.4 Å². The van der Waals surface area contributed by atoms with E-state index in [-0.39, 0.29) is 5.41 Å². The Bertz CT molecular complexity index is 484. The van der Waals surface area contributed by atoms with E-state index >= 15 is 0 Å². The van der Waals surface area contributed by atoms with E-state index in [2.05, 4.69) is 30.7 Å². The number of fused-ring (bicyclic) bond motifs is 1. The van der Waals surface area contributed by atoms with Crippen LogP contribution >= 0.6 is 0 Å². The van der Waals surface area contributed by atoms with Crippen molar-refractivity contribution >= 4 is 11.5 Å². The maximum absolute atomic E-state index is 5.76. The van der Waals surface area contributed by atoms with Crippen LogP contribution in [0.3, 0.4) is 0 Å². The first-order valence-electron chi connectivity index (χ1n) is 5.14. The molecule has 0 aliphatic carbocycles. The third-order valence-electron chi connectivity index (χ3n) is 3.03. The van der Waals surface area contributed by atoms with Crippen molar-refractivity contribution in [2.24, 2.45) is 0 Å². The summed E-state index contributed by atoms with van der Waals surface area (Å²) in [5.74, 6) is 0.482. The van der Waals surface area contributed by atoms with Crippen molar-refractivity contribution in [2.75, 3.05) is 5.73 Å². The lowest BCUT2D eigenvalue weighted by Gasteiger charge is -2.21. The van der Waals surface area contributed by atoms with Crippen LogP contribution in [0.5, 0.6) is 0 Å². The molecule has 2 aromatic heterocycles. The predicted octanol–water partition coefficient (Wildman–Crippen LogP) is 2.00. The smallest absolute Gasteiger partial charge is 0.180 e. The van der Waals surface area contributed by atoms with Crippen LogP contribution in [0, 0.1) is 0 Å². The fraction of sp³-hybridized carbons (Fsp3) is 0.455. The van der Waals surface area contributed by atoms with Gasteiger partial charge < -0.3 is 5.73 Å². The lowest BCUT2D eigenvalue weighted by atomic mass is 9.87. The highest BCUT2D eigenvalue weighted by Crippen LogP contribution is 2.27. The molecule has 0 atom stereocenters. The van der Waals surface area contributed by atoms with Crippen molar-refractivity contribution in [3.05, 3.63) is 24.3 Å². The molecule has 0 spiro atoms. The summed E-state index contributed by atoms with van der Waals surface area (Å²) >= 11 is 0. The molecule has 0 radical (unpaired) electrons. The molecule has 0 saturated carbocycles. The number of nitrogens with two attached hydrogens (primary N) is 1. The Morgan fingerprint density at radius 2 is 2.13 bits per heavy atom. The molecular weight excluding hydrogens is 188 g/mol. The SMILES string of the molecule is CCC(C)(C)c1cnc2c(N)nccn12. The van der Waals surface area contributed by atoms with Gasteiger partial charge in [-0.15, -0.1) is 0 Å². The van der Waals surface area contributed by atoms with Gasteiger partial charge in [0.15, 0.2) is 11.5 Å². The van der Waals surface area contributed by atoms with Crippen LogP contribution in [0.15, 0.2) is 18.6 Å². The van der Waals surface area contributed by atoms with Gasteiger partial charge in [-0.25, -0.2) is 9.97 Å². The summed E-state index contributed by atoms with van der Waals surface area (Å²) in [4.78, 5) is 8.33. The lowest BCUT2D eigenvalue weighted by Crippen LogP contribution is -2.18. The van der Waals surface area contributed by atoms with Gasteiger partial charge in [-0.1, -0.05) is 20.8 Å². The Hall–Kier alpha value is -1.58. The number of aromatic nitrogens is 3. The maximum atomic E-state index is 5.76. The van der Waals surface area contributed by atoms with E-state index in [9.17, 15) is 0 Å². The molecule has 2 N–H and O–H groups in total. The van der Waals surface area contributed by atoms with Crippen molar-refractivity contribution in [3.63, 3.8) is 0 Å².